The van der Waals surface area contributed by atoms with Gasteiger partial charge in [0.05, 0.1) is 0 Å². The average molecular weight is 237 g/mol. The standard InChI is InChI=1S/C12H16FN3O/c1-8-3-6-16-10(15(2)11(8)17)7-9(14-16)12(13)4-5-12/h7-8H,3-6H2,1-2H3. The molecule has 4 nitrogen and oxygen atoms in total. The van der Waals surface area contributed by atoms with Gasteiger partial charge in [0.25, 0.3) is 0 Å². The molecule has 1 aromatic rings. The molecule has 92 valence electrons. The molecule has 1 aliphatic carbocycles. The Morgan fingerprint density at radius 3 is 2.88 bits per heavy atom. The number of hydrogen-bond donors (Lipinski definition) is 0. The number of nitrogens with zero attached hydrogens (tertiary/aromatic N) is 3. The highest BCUT2D eigenvalue weighted by Crippen LogP contribution is 2.49. The summed E-state index contributed by atoms with van der Waals surface area (Å²) in [6.45, 7) is 2.60. The van der Waals surface area contributed by atoms with E-state index in [2.05, 4.69) is 5.10 Å². The second kappa shape index (κ2) is 3.31. The van der Waals surface area contributed by atoms with Crippen LogP contribution in [0.3, 0.4) is 0 Å². The molecule has 2 aliphatic rings. The molecule has 17 heavy (non-hydrogen) atoms. The number of amides is 1. The Morgan fingerprint density at radius 1 is 1.53 bits per heavy atom. The van der Waals surface area contributed by atoms with Crippen molar-refractivity contribution in [1.82, 2.24) is 9.78 Å². The van der Waals surface area contributed by atoms with E-state index >= 15 is 0 Å². The summed E-state index contributed by atoms with van der Waals surface area (Å²) >= 11 is 0. The number of alkyl halides is 1. The normalized spacial score (nSPS) is 26.6. The second-order valence-corrected chi connectivity index (χ2v) is 5.16. The van der Waals surface area contributed by atoms with Crippen LogP contribution in [-0.4, -0.2) is 22.7 Å². The maximum atomic E-state index is 13.9. The molecule has 1 amide bonds. The van der Waals surface area contributed by atoms with E-state index < -0.39 is 5.67 Å². The number of hydrogen-bond acceptors (Lipinski definition) is 2. The molecule has 1 saturated carbocycles. The van der Waals surface area contributed by atoms with E-state index in [-0.39, 0.29) is 11.8 Å². The van der Waals surface area contributed by atoms with Gasteiger partial charge in [-0.25, -0.2) is 9.07 Å². The third kappa shape index (κ3) is 1.56. The van der Waals surface area contributed by atoms with E-state index in [1.54, 1.807) is 22.7 Å². The van der Waals surface area contributed by atoms with Gasteiger partial charge in [0, 0.05) is 25.6 Å². The minimum atomic E-state index is -1.23. The molecular weight excluding hydrogens is 221 g/mol. The lowest BCUT2D eigenvalue weighted by molar-refractivity contribution is -0.121. The summed E-state index contributed by atoms with van der Waals surface area (Å²) in [5, 5.41) is 4.31. The number of halogens is 1. The van der Waals surface area contributed by atoms with Crippen molar-refractivity contribution >= 4 is 11.7 Å². The van der Waals surface area contributed by atoms with E-state index in [4.69, 9.17) is 0 Å². The lowest BCUT2D eigenvalue weighted by atomic mass is 10.1. The first-order valence-corrected chi connectivity index (χ1v) is 6.06. The molecule has 0 radical (unpaired) electrons. The van der Waals surface area contributed by atoms with E-state index in [9.17, 15) is 9.18 Å². The minimum Gasteiger partial charge on any atom is -0.300 e. The summed E-state index contributed by atoms with van der Waals surface area (Å²) in [5.41, 5.74) is -0.740. The molecule has 0 N–H and O–H groups in total. The number of fused-ring (bicyclic) bond motifs is 1. The summed E-state index contributed by atoms with van der Waals surface area (Å²) in [6.07, 6.45) is 1.87. The van der Waals surface area contributed by atoms with Gasteiger partial charge in [-0.2, -0.15) is 5.10 Å². The molecule has 5 heteroatoms. The van der Waals surface area contributed by atoms with E-state index in [1.165, 1.54) is 0 Å². The first-order valence-electron chi connectivity index (χ1n) is 6.06. The van der Waals surface area contributed by atoms with Crippen molar-refractivity contribution in [2.24, 2.45) is 5.92 Å². The van der Waals surface area contributed by atoms with Gasteiger partial charge in [-0.1, -0.05) is 6.92 Å². The van der Waals surface area contributed by atoms with Crippen molar-refractivity contribution in [2.45, 2.75) is 38.4 Å². The lowest BCUT2D eigenvalue weighted by Gasteiger charge is -2.16. The molecule has 1 aromatic heterocycles. The molecule has 0 bridgehead atoms. The fraction of sp³-hybridized carbons (Fsp3) is 0.667. The molecule has 0 aromatic carbocycles. The van der Waals surface area contributed by atoms with Gasteiger partial charge in [0.2, 0.25) is 5.91 Å². The molecule has 1 unspecified atom stereocenters. The summed E-state index contributed by atoms with van der Waals surface area (Å²) in [6, 6.07) is 1.73. The van der Waals surface area contributed by atoms with E-state index in [0.717, 1.165) is 12.2 Å². The maximum Gasteiger partial charge on any atom is 0.230 e. The molecule has 1 atom stereocenters. The smallest absolute Gasteiger partial charge is 0.230 e. The SMILES string of the molecule is CC1CCn2nc(C3(F)CC3)cc2N(C)C1=O. The number of carbonyl (C=O) groups excluding carboxylic acids is 1. The third-order valence-electron chi connectivity index (χ3n) is 3.78. The van der Waals surface area contributed by atoms with Crippen molar-refractivity contribution in [3.63, 3.8) is 0 Å². The molecular formula is C12H16FN3O. The van der Waals surface area contributed by atoms with Crippen LogP contribution in [0, 0.1) is 5.92 Å². The van der Waals surface area contributed by atoms with Crippen molar-refractivity contribution in [2.75, 3.05) is 11.9 Å². The van der Waals surface area contributed by atoms with Crippen LogP contribution in [0.4, 0.5) is 10.2 Å². The molecule has 3 rings (SSSR count). The Hall–Kier alpha value is -1.39. The highest BCUT2D eigenvalue weighted by Gasteiger charge is 2.48. The predicted octanol–water partition coefficient (Wildman–Crippen LogP) is 1.84. The van der Waals surface area contributed by atoms with Gasteiger partial charge < -0.3 is 0 Å². The van der Waals surface area contributed by atoms with Gasteiger partial charge >= 0.3 is 0 Å². The number of aromatic nitrogens is 2. The summed E-state index contributed by atoms with van der Waals surface area (Å²) in [7, 11) is 1.74. The van der Waals surface area contributed by atoms with Crippen LogP contribution < -0.4 is 4.90 Å². The van der Waals surface area contributed by atoms with Crippen LogP contribution in [0.5, 0.6) is 0 Å². The number of carbonyl (C=O) groups is 1. The zero-order valence-electron chi connectivity index (χ0n) is 10.1. The molecule has 0 saturated heterocycles. The molecule has 2 heterocycles. The van der Waals surface area contributed by atoms with Crippen LogP contribution in [0.15, 0.2) is 6.07 Å². The Bertz CT molecular complexity index is 478. The minimum absolute atomic E-state index is 0.00501. The van der Waals surface area contributed by atoms with Crippen LogP contribution in [0.2, 0.25) is 0 Å². The maximum absolute atomic E-state index is 13.9. The molecule has 1 aliphatic heterocycles. The largest absolute Gasteiger partial charge is 0.300 e. The molecule has 0 spiro atoms. The van der Waals surface area contributed by atoms with E-state index in [0.29, 0.717) is 25.1 Å². The quantitative estimate of drug-likeness (QED) is 0.747. The first kappa shape index (κ1) is 10.7. The Balaban J connectivity index is 2.00. The average Bonchev–Trinajstić information content (AvgIpc) is 2.94. The van der Waals surface area contributed by atoms with Crippen LogP contribution in [0.25, 0.3) is 0 Å². The monoisotopic (exact) mass is 237 g/mol. The van der Waals surface area contributed by atoms with Gasteiger partial charge in [-0.3, -0.25) is 9.69 Å². The number of rotatable bonds is 1. The van der Waals surface area contributed by atoms with Gasteiger partial charge in [0.15, 0.2) is 5.67 Å². The fourth-order valence-corrected chi connectivity index (χ4v) is 2.31. The van der Waals surface area contributed by atoms with Crippen LogP contribution in [0.1, 0.15) is 31.9 Å². The van der Waals surface area contributed by atoms with Crippen LogP contribution >= 0.6 is 0 Å². The van der Waals surface area contributed by atoms with Gasteiger partial charge in [-0.15, -0.1) is 0 Å². The topological polar surface area (TPSA) is 38.1 Å². The summed E-state index contributed by atoms with van der Waals surface area (Å²) in [5.74, 6) is 0.808. The number of aryl methyl sites for hydroxylation is 1. The van der Waals surface area contributed by atoms with Gasteiger partial charge in [0.1, 0.15) is 11.5 Å². The van der Waals surface area contributed by atoms with Crippen molar-refractivity contribution in [3.8, 4) is 0 Å². The highest BCUT2D eigenvalue weighted by molar-refractivity contribution is 5.94. The Labute approximate surface area is 99.4 Å². The van der Waals surface area contributed by atoms with Crippen molar-refractivity contribution < 1.29 is 9.18 Å². The summed E-state index contributed by atoms with van der Waals surface area (Å²) in [4.78, 5) is 13.6. The first-order chi connectivity index (χ1) is 8.01. The fourth-order valence-electron chi connectivity index (χ4n) is 2.31. The zero-order valence-corrected chi connectivity index (χ0v) is 10.1. The third-order valence-corrected chi connectivity index (χ3v) is 3.78. The highest BCUT2D eigenvalue weighted by atomic mass is 19.1. The molecule has 1 fully saturated rings. The second-order valence-electron chi connectivity index (χ2n) is 5.16. The zero-order chi connectivity index (χ0) is 12.2. The van der Waals surface area contributed by atoms with Crippen molar-refractivity contribution in [1.29, 1.82) is 0 Å². The summed E-state index contributed by atoms with van der Waals surface area (Å²) < 4.78 is 15.7. The van der Waals surface area contributed by atoms with E-state index in [1.807, 2.05) is 6.92 Å². The predicted molar refractivity (Wildman–Crippen MR) is 61.4 cm³/mol. The van der Waals surface area contributed by atoms with Crippen molar-refractivity contribution in [3.05, 3.63) is 11.8 Å². The lowest BCUT2D eigenvalue weighted by Crippen LogP contribution is -2.30. The number of anilines is 1. The van der Waals surface area contributed by atoms with Gasteiger partial charge in [-0.05, 0) is 19.3 Å². The Kier molecular flexibility index (Phi) is 2.09. The Morgan fingerprint density at radius 2 is 2.24 bits per heavy atom. The van der Waals surface area contributed by atoms with Crippen LogP contribution in [-0.2, 0) is 17.0 Å².